The molecule has 3 nitrogen and oxygen atoms in total. The van der Waals surface area contributed by atoms with E-state index in [1.165, 1.54) is 22.3 Å². The van der Waals surface area contributed by atoms with Crippen LogP contribution in [0, 0.1) is 11.3 Å². The maximum atomic E-state index is 11.5. The Balaban J connectivity index is 2.93. The van der Waals surface area contributed by atoms with Gasteiger partial charge in [-0.25, -0.2) is 0 Å². The van der Waals surface area contributed by atoms with E-state index in [0.29, 0.717) is 12.8 Å². The van der Waals surface area contributed by atoms with Gasteiger partial charge in [0.25, 0.3) is 0 Å². The van der Waals surface area contributed by atoms with Crippen molar-refractivity contribution in [2.45, 2.75) is 105 Å². The van der Waals surface area contributed by atoms with Gasteiger partial charge in [-0.2, -0.15) is 0 Å². The van der Waals surface area contributed by atoms with Crippen LogP contribution in [0.4, 0.5) is 0 Å². The van der Waals surface area contributed by atoms with Gasteiger partial charge in [0.05, 0.1) is 5.60 Å². The van der Waals surface area contributed by atoms with Crippen LogP contribution < -0.4 is 0 Å². The number of carbonyl (C=O) groups is 1. The van der Waals surface area contributed by atoms with Gasteiger partial charge in [0.15, 0.2) is 0 Å². The number of aliphatic hydroxyl groups excluding tert-OH is 1. The Hall–Kier alpha value is -1.71. The van der Waals surface area contributed by atoms with E-state index in [2.05, 4.69) is 65.0 Å². The lowest BCUT2D eigenvalue weighted by Crippen LogP contribution is -2.52. The first kappa shape index (κ1) is 29.3. The summed E-state index contributed by atoms with van der Waals surface area (Å²) in [6, 6.07) is 0. The quantitative estimate of drug-likeness (QED) is 0.139. The minimum Gasteiger partial charge on any atom is -0.396 e. The average Bonchev–Trinajstić information content (AvgIpc) is 2.74. The van der Waals surface area contributed by atoms with E-state index in [1.807, 2.05) is 13.8 Å². The summed E-state index contributed by atoms with van der Waals surface area (Å²) in [6.07, 6.45) is 18.7. The lowest BCUT2D eigenvalue weighted by molar-refractivity contribution is -0.115. The molecule has 33 heavy (non-hydrogen) atoms. The Morgan fingerprint density at radius 2 is 1.79 bits per heavy atom. The molecular weight excluding hydrogens is 408 g/mol. The highest BCUT2D eigenvalue weighted by Gasteiger charge is 2.51. The largest absolute Gasteiger partial charge is 0.396 e. The third-order valence-corrected chi connectivity index (χ3v) is 7.60. The average molecular weight is 457 g/mol. The molecule has 0 radical (unpaired) electrons. The lowest BCUT2D eigenvalue weighted by atomic mass is 9.54. The maximum Gasteiger partial charge on any atom is 0.145 e. The molecule has 1 fully saturated rings. The Bertz CT molecular complexity index is 787. The number of allylic oxidation sites excluding steroid dienone is 10. The first-order chi connectivity index (χ1) is 15.5. The van der Waals surface area contributed by atoms with Crippen LogP contribution in [0.25, 0.3) is 0 Å². The van der Waals surface area contributed by atoms with E-state index in [-0.39, 0.29) is 17.9 Å². The molecule has 2 N–H and O–H groups in total. The molecule has 0 saturated heterocycles. The molecule has 1 saturated carbocycles. The summed E-state index contributed by atoms with van der Waals surface area (Å²) >= 11 is 0. The molecular formula is C30H48O3. The van der Waals surface area contributed by atoms with Crippen molar-refractivity contribution in [1.29, 1.82) is 0 Å². The fraction of sp³-hybridized carbons (Fsp3) is 0.633. The van der Waals surface area contributed by atoms with Gasteiger partial charge in [0.1, 0.15) is 6.29 Å². The van der Waals surface area contributed by atoms with E-state index >= 15 is 0 Å². The van der Waals surface area contributed by atoms with E-state index in [4.69, 9.17) is 0 Å². The molecule has 3 atom stereocenters. The second kappa shape index (κ2) is 13.9. The van der Waals surface area contributed by atoms with Crippen LogP contribution in [0.5, 0.6) is 0 Å². The summed E-state index contributed by atoms with van der Waals surface area (Å²) in [4.78, 5) is 11.5. The highest BCUT2D eigenvalue weighted by atomic mass is 16.3. The number of rotatable bonds is 12. The van der Waals surface area contributed by atoms with Crippen LogP contribution in [0.15, 0.2) is 58.2 Å². The normalized spacial score (nSPS) is 28.2. The van der Waals surface area contributed by atoms with Crippen molar-refractivity contribution in [1.82, 2.24) is 0 Å². The molecule has 0 heterocycles. The van der Waals surface area contributed by atoms with E-state index < -0.39 is 5.60 Å². The van der Waals surface area contributed by atoms with Crippen molar-refractivity contribution in [2.24, 2.45) is 11.3 Å². The summed E-state index contributed by atoms with van der Waals surface area (Å²) in [5, 5.41) is 20.8. The summed E-state index contributed by atoms with van der Waals surface area (Å²) < 4.78 is 0. The number of aliphatic hydroxyl groups is 2. The molecule has 1 rings (SSSR count). The van der Waals surface area contributed by atoms with Gasteiger partial charge in [0, 0.05) is 12.0 Å². The molecule has 0 unspecified atom stereocenters. The van der Waals surface area contributed by atoms with E-state index in [9.17, 15) is 15.0 Å². The fourth-order valence-electron chi connectivity index (χ4n) is 5.08. The fourth-order valence-corrected chi connectivity index (χ4v) is 5.08. The smallest absolute Gasteiger partial charge is 0.145 e. The second-order valence-electron chi connectivity index (χ2n) is 10.6. The Kier molecular flexibility index (Phi) is 12.3. The molecule has 0 amide bonds. The number of aldehydes is 1. The molecule has 0 aliphatic heterocycles. The van der Waals surface area contributed by atoms with Crippen molar-refractivity contribution >= 4 is 6.29 Å². The molecule has 0 aromatic heterocycles. The van der Waals surface area contributed by atoms with E-state index in [0.717, 1.165) is 50.4 Å². The minimum atomic E-state index is -0.803. The molecule has 186 valence electrons. The van der Waals surface area contributed by atoms with Crippen molar-refractivity contribution in [3.63, 3.8) is 0 Å². The van der Waals surface area contributed by atoms with Gasteiger partial charge in [-0.05, 0) is 104 Å². The highest BCUT2D eigenvalue weighted by Crippen LogP contribution is 2.55. The van der Waals surface area contributed by atoms with Crippen LogP contribution in [0.3, 0.4) is 0 Å². The van der Waals surface area contributed by atoms with Gasteiger partial charge in [-0.15, -0.1) is 0 Å². The van der Waals surface area contributed by atoms with Crippen molar-refractivity contribution in [3.05, 3.63) is 58.2 Å². The monoisotopic (exact) mass is 456 g/mol. The Labute approximate surface area is 203 Å². The van der Waals surface area contributed by atoms with Crippen LogP contribution in [-0.2, 0) is 4.79 Å². The molecule has 0 spiro atoms. The summed E-state index contributed by atoms with van der Waals surface area (Å²) in [5.74, 6) is 0.106. The zero-order chi connectivity index (χ0) is 25.1. The maximum absolute atomic E-state index is 11.5. The van der Waals surface area contributed by atoms with Crippen molar-refractivity contribution in [3.8, 4) is 0 Å². The summed E-state index contributed by atoms with van der Waals surface area (Å²) in [5.41, 5.74) is 4.77. The predicted octanol–water partition coefficient (Wildman–Crippen LogP) is 7.42. The highest BCUT2D eigenvalue weighted by molar-refractivity contribution is 5.74. The summed E-state index contributed by atoms with van der Waals surface area (Å²) in [7, 11) is 0. The van der Waals surface area contributed by atoms with E-state index in [1.54, 1.807) is 0 Å². The van der Waals surface area contributed by atoms with Gasteiger partial charge < -0.3 is 10.2 Å². The first-order valence-electron chi connectivity index (χ1n) is 12.6. The zero-order valence-electron chi connectivity index (χ0n) is 22.2. The van der Waals surface area contributed by atoms with Gasteiger partial charge in [0.2, 0.25) is 0 Å². The topological polar surface area (TPSA) is 57.5 Å². The van der Waals surface area contributed by atoms with Gasteiger partial charge in [-0.1, -0.05) is 59.6 Å². The van der Waals surface area contributed by atoms with Gasteiger partial charge in [-0.3, -0.25) is 4.79 Å². The Morgan fingerprint density at radius 3 is 2.39 bits per heavy atom. The third-order valence-electron chi connectivity index (χ3n) is 7.60. The zero-order valence-corrected chi connectivity index (χ0v) is 22.2. The standard InChI is InChI=1S/C30H48O3/c1-23(2)12-8-13-24(3)14-9-15-25(4)16-10-19-29(6)28(17-11-21-31)27(26(5)22-32)18-20-30(29,7)33/h9,12,14-16,22,28,31,33H,8,10-11,13,17-21H2,1-7H3/b15-9+,24-14+,25-16+,27-26-/t28-,29+,30+/m1/s1. The van der Waals surface area contributed by atoms with Crippen LogP contribution in [-0.4, -0.2) is 28.7 Å². The molecule has 0 aromatic rings. The Morgan fingerprint density at radius 1 is 1.09 bits per heavy atom. The van der Waals surface area contributed by atoms with Crippen molar-refractivity contribution in [2.75, 3.05) is 6.61 Å². The third kappa shape index (κ3) is 8.87. The summed E-state index contributed by atoms with van der Waals surface area (Å²) in [6.45, 7) is 14.7. The lowest BCUT2D eigenvalue weighted by Gasteiger charge is -2.53. The number of hydrogen-bond acceptors (Lipinski definition) is 3. The SMILES string of the molecule is CC(C)=CCC/C(C)=C/C=C/C(C)=C/CC[C@@]1(C)[C@H](CCCO)/C(=C(/C)C=O)CC[C@]1(C)O. The molecule has 3 heteroatoms. The molecule has 0 bridgehead atoms. The minimum absolute atomic E-state index is 0.106. The second-order valence-corrected chi connectivity index (χ2v) is 10.6. The molecule has 1 aliphatic rings. The predicted molar refractivity (Wildman–Crippen MR) is 141 cm³/mol. The molecule has 1 aliphatic carbocycles. The van der Waals surface area contributed by atoms with Crippen LogP contribution in [0.2, 0.25) is 0 Å². The van der Waals surface area contributed by atoms with Gasteiger partial charge >= 0.3 is 0 Å². The van der Waals surface area contributed by atoms with Crippen LogP contribution in [0.1, 0.15) is 99.8 Å². The first-order valence-corrected chi connectivity index (χ1v) is 12.6. The number of hydrogen-bond donors (Lipinski definition) is 2. The van der Waals surface area contributed by atoms with Crippen LogP contribution >= 0.6 is 0 Å². The molecule has 0 aromatic carbocycles. The van der Waals surface area contributed by atoms with Crippen molar-refractivity contribution < 1.29 is 15.0 Å². The number of carbonyl (C=O) groups excluding carboxylic acids is 1.